The SMILES string of the molecule is c1ccc(-c2ccc(-c3ccc(-c4nc(-c5ccccc5)nc(-c5cccc6c5-c5ccccc5C65c6ccccc6Sc6ccccc65)n4)cc3)cc2)cc1. The van der Waals surface area contributed by atoms with Crippen molar-refractivity contribution in [3.63, 3.8) is 0 Å². The van der Waals surface area contributed by atoms with Crippen LogP contribution in [-0.2, 0) is 5.41 Å². The summed E-state index contributed by atoms with van der Waals surface area (Å²) in [5.41, 5.74) is 14.7. The standard InChI is InChI=1S/C52H33N3S/c1-3-14-34(15-4-1)35-26-28-36(29-27-35)37-30-32-39(33-31-37)50-53-49(38-16-5-2-6-17-38)54-51(55-50)41-19-13-23-45-48(41)40-18-7-8-20-42(40)52(45)43-21-9-11-24-46(43)56-47-25-12-10-22-44(47)52/h1-33H. The lowest BCUT2D eigenvalue weighted by Gasteiger charge is -2.39. The van der Waals surface area contributed by atoms with Crippen molar-refractivity contribution in [3.8, 4) is 67.5 Å². The maximum absolute atomic E-state index is 5.29. The molecule has 0 saturated heterocycles. The summed E-state index contributed by atoms with van der Waals surface area (Å²) < 4.78 is 0. The lowest BCUT2D eigenvalue weighted by molar-refractivity contribution is 0.722. The van der Waals surface area contributed by atoms with Crippen LogP contribution in [0.1, 0.15) is 22.3 Å². The molecular weight excluding hydrogens is 699 g/mol. The number of hydrogen-bond donors (Lipinski definition) is 0. The maximum atomic E-state index is 5.29. The fourth-order valence-corrected chi connectivity index (χ4v) is 9.92. The fraction of sp³-hybridized carbons (Fsp3) is 0.0192. The van der Waals surface area contributed by atoms with Gasteiger partial charge in [-0.1, -0.05) is 200 Å². The highest BCUT2D eigenvalue weighted by Crippen LogP contribution is 2.63. The van der Waals surface area contributed by atoms with E-state index in [2.05, 4.69) is 176 Å². The van der Waals surface area contributed by atoms with Crippen LogP contribution in [0, 0.1) is 0 Å². The van der Waals surface area contributed by atoms with Crippen molar-refractivity contribution in [1.82, 2.24) is 15.0 Å². The average molecular weight is 732 g/mol. The summed E-state index contributed by atoms with van der Waals surface area (Å²) >= 11 is 1.86. The van der Waals surface area contributed by atoms with Crippen molar-refractivity contribution >= 4 is 11.8 Å². The number of aromatic nitrogens is 3. The molecule has 0 amide bonds. The molecule has 1 aromatic heterocycles. The lowest BCUT2D eigenvalue weighted by Crippen LogP contribution is -2.31. The molecule has 1 aliphatic carbocycles. The highest BCUT2D eigenvalue weighted by molar-refractivity contribution is 7.99. The number of nitrogens with zero attached hydrogens (tertiary/aromatic N) is 3. The van der Waals surface area contributed by atoms with E-state index < -0.39 is 5.41 Å². The normalized spacial score (nSPS) is 13.1. The summed E-state index contributed by atoms with van der Waals surface area (Å²) in [6.45, 7) is 0. The molecule has 11 rings (SSSR count). The van der Waals surface area contributed by atoms with E-state index in [-0.39, 0.29) is 0 Å². The molecular formula is C52H33N3S. The van der Waals surface area contributed by atoms with Crippen molar-refractivity contribution in [1.29, 1.82) is 0 Å². The highest BCUT2D eigenvalue weighted by atomic mass is 32.2. The van der Waals surface area contributed by atoms with Crippen LogP contribution in [0.25, 0.3) is 67.5 Å². The molecule has 2 heterocycles. The number of benzene rings is 8. The summed E-state index contributed by atoms with van der Waals surface area (Å²) in [7, 11) is 0. The Kier molecular flexibility index (Phi) is 7.64. The Hall–Kier alpha value is -6.88. The fourth-order valence-electron chi connectivity index (χ4n) is 8.73. The minimum atomic E-state index is -0.479. The molecule has 1 spiro atoms. The molecule has 0 radical (unpaired) electrons. The summed E-state index contributed by atoms with van der Waals surface area (Å²) in [6, 6.07) is 71.4. The number of rotatable bonds is 5. The van der Waals surface area contributed by atoms with E-state index in [1.165, 1.54) is 54.3 Å². The summed E-state index contributed by atoms with van der Waals surface area (Å²) in [5, 5.41) is 0. The van der Waals surface area contributed by atoms with Crippen LogP contribution in [0.15, 0.2) is 210 Å². The predicted octanol–water partition coefficient (Wildman–Crippen LogP) is 13.0. The van der Waals surface area contributed by atoms with Gasteiger partial charge >= 0.3 is 0 Å². The molecule has 0 bridgehead atoms. The van der Waals surface area contributed by atoms with Crippen LogP contribution in [0.5, 0.6) is 0 Å². The van der Waals surface area contributed by atoms with Gasteiger partial charge < -0.3 is 0 Å². The Morgan fingerprint density at radius 1 is 0.286 bits per heavy atom. The molecule has 3 nitrogen and oxygen atoms in total. The molecule has 8 aromatic carbocycles. The molecule has 9 aromatic rings. The second kappa shape index (κ2) is 13.2. The van der Waals surface area contributed by atoms with E-state index in [4.69, 9.17) is 15.0 Å². The van der Waals surface area contributed by atoms with Gasteiger partial charge in [0.25, 0.3) is 0 Å². The summed E-state index contributed by atoms with van der Waals surface area (Å²) in [5.74, 6) is 1.95. The third-order valence-electron chi connectivity index (χ3n) is 11.2. The van der Waals surface area contributed by atoms with Gasteiger partial charge in [-0.25, -0.2) is 15.0 Å². The molecule has 0 saturated carbocycles. The van der Waals surface area contributed by atoms with Gasteiger partial charge in [-0.05, 0) is 67.8 Å². The maximum Gasteiger partial charge on any atom is 0.164 e. The monoisotopic (exact) mass is 731 g/mol. The van der Waals surface area contributed by atoms with Gasteiger partial charge in [0.2, 0.25) is 0 Å². The van der Waals surface area contributed by atoms with E-state index in [1.54, 1.807) is 0 Å². The van der Waals surface area contributed by atoms with Gasteiger partial charge in [-0.2, -0.15) is 0 Å². The molecule has 262 valence electrons. The van der Waals surface area contributed by atoms with Gasteiger partial charge in [0.05, 0.1) is 5.41 Å². The zero-order valence-corrected chi connectivity index (χ0v) is 31.1. The molecule has 0 fully saturated rings. The third-order valence-corrected chi connectivity index (χ3v) is 12.4. The Bertz CT molecular complexity index is 2880. The van der Waals surface area contributed by atoms with E-state index in [1.807, 2.05) is 36.0 Å². The van der Waals surface area contributed by atoms with E-state index in [0.717, 1.165) is 27.8 Å². The van der Waals surface area contributed by atoms with Crippen LogP contribution in [0.3, 0.4) is 0 Å². The van der Waals surface area contributed by atoms with Crippen LogP contribution >= 0.6 is 11.8 Å². The zero-order chi connectivity index (χ0) is 37.1. The largest absolute Gasteiger partial charge is 0.208 e. The second-order valence-electron chi connectivity index (χ2n) is 14.3. The minimum absolute atomic E-state index is 0.479. The number of hydrogen-bond acceptors (Lipinski definition) is 4. The Balaban J connectivity index is 1.08. The first kappa shape index (κ1) is 32.5. The molecule has 56 heavy (non-hydrogen) atoms. The van der Waals surface area contributed by atoms with Gasteiger partial charge in [-0.15, -0.1) is 0 Å². The number of fused-ring (bicyclic) bond motifs is 9. The average Bonchev–Trinajstić information content (AvgIpc) is 3.58. The van der Waals surface area contributed by atoms with E-state index in [0.29, 0.717) is 17.5 Å². The van der Waals surface area contributed by atoms with Crippen molar-refractivity contribution in [2.45, 2.75) is 15.2 Å². The van der Waals surface area contributed by atoms with Crippen molar-refractivity contribution in [3.05, 3.63) is 222 Å². The van der Waals surface area contributed by atoms with Gasteiger partial charge in [0.1, 0.15) is 0 Å². The van der Waals surface area contributed by atoms with Crippen LogP contribution in [0.4, 0.5) is 0 Å². The first-order chi connectivity index (χ1) is 27.8. The first-order valence-corrected chi connectivity index (χ1v) is 19.8. The van der Waals surface area contributed by atoms with Gasteiger partial charge in [0.15, 0.2) is 17.5 Å². The Morgan fingerprint density at radius 2 is 0.679 bits per heavy atom. The molecule has 1 aliphatic heterocycles. The third kappa shape index (κ3) is 5.10. The van der Waals surface area contributed by atoms with Crippen LogP contribution < -0.4 is 0 Å². The molecule has 0 N–H and O–H groups in total. The molecule has 4 heteroatoms. The predicted molar refractivity (Wildman–Crippen MR) is 228 cm³/mol. The van der Waals surface area contributed by atoms with Crippen molar-refractivity contribution in [2.24, 2.45) is 0 Å². The Labute approximate surface area is 330 Å². The summed E-state index contributed by atoms with van der Waals surface area (Å²) in [6.07, 6.45) is 0. The Morgan fingerprint density at radius 3 is 1.27 bits per heavy atom. The van der Waals surface area contributed by atoms with E-state index in [9.17, 15) is 0 Å². The van der Waals surface area contributed by atoms with Gasteiger partial charge in [0, 0.05) is 26.5 Å². The van der Waals surface area contributed by atoms with E-state index >= 15 is 0 Å². The zero-order valence-electron chi connectivity index (χ0n) is 30.3. The summed E-state index contributed by atoms with van der Waals surface area (Å²) in [4.78, 5) is 18.2. The lowest BCUT2D eigenvalue weighted by atomic mass is 9.67. The first-order valence-electron chi connectivity index (χ1n) is 18.9. The van der Waals surface area contributed by atoms with Crippen molar-refractivity contribution in [2.75, 3.05) is 0 Å². The highest BCUT2D eigenvalue weighted by Gasteiger charge is 2.50. The quantitative estimate of drug-likeness (QED) is 0.177. The van der Waals surface area contributed by atoms with Crippen LogP contribution in [-0.4, -0.2) is 15.0 Å². The molecule has 2 aliphatic rings. The van der Waals surface area contributed by atoms with Crippen LogP contribution in [0.2, 0.25) is 0 Å². The smallest absolute Gasteiger partial charge is 0.164 e. The molecule has 0 unspecified atom stereocenters. The second-order valence-corrected chi connectivity index (χ2v) is 15.4. The topological polar surface area (TPSA) is 38.7 Å². The molecule has 0 atom stereocenters. The van der Waals surface area contributed by atoms with Crippen molar-refractivity contribution < 1.29 is 0 Å². The van der Waals surface area contributed by atoms with Gasteiger partial charge in [-0.3, -0.25) is 0 Å². The minimum Gasteiger partial charge on any atom is -0.208 e.